The Bertz CT molecular complexity index is 387. The van der Waals surface area contributed by atoms with Gasteiger partial charge in [0.25, 0.3) is 0 Å². The van der Waals surface area contributed by atoms with Crippen molar-refractivity contribution in [3.05, 3.63) is 29.8 Å². The van der Waals surface area contributed by atoms with Crippen molar-refractivity contribution >= 4 is 12.3 Å². The lowest BCUT2D eigenvalue weighted by Gasteiger charge is -2.07. The lowest BCUT2D eigenvalue weighted by Crippen LogP contribution is -2.08. The molecule has 0 saturated heterocycles. The van der Waals surface area contributed by atoms with Crippen molar-refractivity contribution in [3.63, 3.8) is 0 Å². The van der Waals surface area contributed by atoms with Gasteiger partial charge < -0.3 is 19.7 Å². The maximum absolute atomic E-state index is 10.4. The molecule has 2 N–H and O–H groups in total. The predicted molar refractivity (Wildman–Crippen MR) is 52.8 cm³/mol. The van der Waals surface area contributed by atoms with Crippen LogP contribution in [0.25, 0.3) is 0 Å². The number of carbonyl (C=O) groups is 2. The number of para-hydroxylation sites is 1. The summed E-state index contributed by atoms with van der Waals surface area (Å²) in [5.41, 5.74) is 0.575. The van der Waals surface area contributed by atoms with Gasteiger partial charge in [0.2, 0.25) is 0 Å². The van der Waals surface area contributed by atoms with E-state index in [0.29, 0.717) is 5.56 Å². The van der Waals surface area contributed by atoms with Crippen molar-refractivity contribution in [1.82, 2.24) is 0 Å². The summed E-state index contributed by atoms with van der Waals surface area (Å²) >= 11 is 0. The van der Waals surface area contributed by atoms with E-state index in [9.17, 15) is 9.59 Å². The summed E-state index contributed by atoms with van der Waals surface area (Å²) in [4.78, 5) is 20.5. The topological polar surface area (TPSA) is 93.1 Å². The highest BCUT2D eigenvalue weighted by Gasteiger charge is 2.07. The molecule has 0 aliphatic carbocycles. The molecule has 6 nitrogen and oxygen atoms in total. The molecule has 0 aliphatic rings. The number of ether oxygens (including phenoxy) is 2. The summed E-state index contributed by atoms with van der Waals surface area (Å²) in [7, 11) is 0. The smallest absolute Gasteiger partial charge is 0.450 e. The number of benzene rings is 1. The first-order chi connectivity index (χ1) is 7.59. The quantitative estimate of drug-likeness (QED) is 0.602. The Morgan fingerprint density at radius 1 is 1.12 bits per heavy atom. The highest BCUT2D eigenvalue weighted by atomic mass is 16.7. The van der Waals surface area contributed by atoms with E-state index in [4.69, 9.17) is 10.2 Å². The summed E-state index contributed by atoms with van der Waals surface area (Å²) in [5.74, 6) is 0.184. The largest absolute Gasteiger partial charge is 0.511 e. The van der Waals surface area contributed by atoms with E-state index in [2.05, 4.69) is 9.47 Å². The maximum atomic E-state index is 10.4. The van der Waals surface area contributed by atoms with E-state index >= 15 is 0 Å². The first kappa shape index (κ1) is 11.8. The van der Waals surface area contributed by atoms with Gasteiger partial charge in [-0.25, -0.2) is 9.59 Å². The van der Waals surface area contributed by atoms with Gasteiger partial charge in [-0.3, -0.25) is 0 Å². The van der Waals surface area contributed by atoms with Gasteiger partial charge in [-0.2, -0.15) is 0 Å². The van der Waals surface area contributed by atoms with Crippen LogP contribution in [-0.2, 0) is 11.2 Å². The van der Waals surface area contributed by atoms with E-state index in [1.807, 2.05) is 0 Å². The Balaban J connectivity index is 2.63. The lowest BCUT2D eigenvalue weighted by atomic mass is 10.1. The molecule has 1 aromatic rings. The molecule has 86 valence electrons. The van der Waals surface area contributed by atoms with Crippen LogP contribution in [0, 0.1) is 0 Å². The molecule has 6 heteroatoms. The summed E-state index contributed by atoms with van der Waals surface area (Å²) < 4.78 is 8.84. The molecule has 1 aromatic carbocycles. The van der Waals surface area contributed by atoms with E-state index in [1.165, 1.54) is 6.07 Å². The fourth-order valence-electron chi connectivity index (χ4n) is 1.15. The van der Waals surface area contributed by atoms with Gasteiger partial charge in [0, 0.05) is 6.42 Å². The van der Waals surface area contributed by atoms with Crippen LogP contribution in [0.15, 0.2) is 24.3 Å². The van der Waals surface area contributed by atoms with Gasteiger partial charge >= 0.3 is 12.3 Å². The third kappa shape index (κ3) is 3.87. The minimum absolute atomic E-state index is 0.0463. The van der Waals surface area contributed by atoms with E-state index in [-0.39, 0.29) is 18.8 Å². The molecule has 0 aromatic heterocycles. The number of hydrogen-bond donors (Lipinski definition) is 2. The van der Waals surface area contributed by atoms with Crippen molar-refractivity contribution in [1.29, 1.82) is 0 Å². The van der Waals surface area contributed by atoms with Gasteiger partial charge in [0.05, 0.1) is 6.61 Å². The molecule has 0 unspecified atom stereocenters. The minimum atomic E-state index is -1.41. The zero-order valence-electron chi connectivity index (χ0n) is 8.25. The van der Waals surface area contributed by atoms with Crippen molar-refractivity contribution in [3.8, 4) is 5.75 Å². The molecule has 0 radical (unpaired) electrons. The molecule has 1 rings (SSSR count). The highest BCUT2D eigenvalue weighted by molar-refractivity contribution is 5.62. The second-order valence-electron chi connectivity index (χ2n) is 2.84. The van der Waals surface area contributed by atoms with E-state index < -0.39 is 12.3 Å². The van der Waals surface area contributed by atoms with Gasteiger partial charge in [0.1, 0.15) is 5.75 Å². The molecule has 0 bridgehead atoms. The van der Waals surface area contributed by atoms with Crippen LogP contribution in [0.2, 0.25) is 0 Å². The number of carboxylic acid groups (broad SMARTS) is 2. The van der Waals surface area contributed by atoms with Crippen LogP contribution in [0.3, 0.4) is 0 Å². The van der Waals surface area contributed by atoms with Crippen molar-refractivity contribution < 1.29 is 29.3 Å². The lowest BCUT2D eigenvalue weighted by molar-refractivity contribution is 0.0922. The Hall–Kier alpha value is -2.24. The third-order valence-electron chi connectivity index (χ3n) is 1.77. The van der Waals surface area contributed by atoms with Crippen LogP contribution >= 0.6 is 0 Å². The predicted octanol–water partition coefficient (Wildman–Crippen LogP) is 1.98. The van der Waals surface area contributed by atoms with Crippen LogP contribution in [-0.4, -0.2) is 29.1 Å². The van der Waals surface area contributed by atoms with Crippen molar-refractivity contribution in [2.75, 3.05) is 6.61 Å². The SMILES string of the molecule is O=C(O)OCCc1ccccc1OC(=O)O. The maximum Gasteiger partial charge on any atom is 0.511 e. The zero-order chi connectivity index (χ0) is 12.0. The Morgan fingerprint density at radius 3 is 2.44 bits per heavy atom. The standard InChI is InChI=1S/C10H10O6/c11-9(12)15-6-5-7-3-1-2-4-8(7)16-10(13)14/h1-4H,5-6H2,(H,11,12)(H,13,14). The Labute approximate surface area is 91.0 Å². The fourth-order valence-corrected chi connectivity index (χ4v) is 1.15. The van der Waals surface area contributed by atoms with Gasteiger partial charge in [-0.15, -0.1) is 0 Å². The van der Waals surface area contributed by atoms with Crippen molar-refractivity contribution in [2.24, 2.45) is 0 Å². The molecule has 0 atom stereocenters. The first-order valence-corrected chi connectivity index (χ1v) is 4.44. The molecule has 0 aliphatic heterocycles. The number of rotatable bonds is 4. The highest BCUT2D eigenvalue weighted by Crippen LogP contribution is 2.18. The molecule has 0 fully saturated rings. The van der Waals surface area contributed by atoms with Crippen LogP contribution in [0.4, 0.5) is 9.59 Å². The normalized spacial score (nSPS) is 9.50. The third-order valence-corrected chi connectivity index (χ3v) is 1.77. The summed E-state index contributed by atoms with van der Waals surface area (Å²) in [6, 6.07) is 6.46. The second-order valence-corrected chi connectivity index (χ2v) is 2.84. The Morgan fingerprint density at radius 2 is 1.81 bits per heavy atom. The zero-order valence-corrected chi connectivity index (χ0v) is 8.25. The van der Waals surface area contributed by atoms with Crippen LogP contribution < -0.4 is 4.74 Å². The van der Waals surface area contributed by atoms with E-state index in [1.54, 1.807) is 18.2 Å². The molecule has 0 amide bonds. The average molecular weight is 226 g/mol. The molecule has 0 spiro atoms. The average Bonchev–Trinajstić information content (AvgIpc) is 2.19. The molecule has 16 heavy (non-hydrogen) atoms. The molecule has 0 saturated carbocycles. The van der Waals surface area contributed by atoms with Gasteiger partial charge in [-0.1, -0.05) is 18.2 Å². The Kier molecular flexibility index (Phi) is 4.14. The number of hydrogen-bond acceptors (Lipinski definition) is 4. The summed E-state index contributed by atoms with van der Waals surface area (Å²) in [6.45, 7) is -0.0463. The van der Waals surface area contributed by atoms with Gasteiger partial charge in [0.15, 0.2) is 0 Å². The second kappa shape index (κ2) is 5.59. The van der Waals surface area contributed by atoms with Crippen LogP contribution in [0.5, 0.6) is 5.75 Å². The fraction of sp³-hybridized carbons (Fsp3) is 0.200. The molecule has 0 heterocycles. The van der Waals surface area contributed by atoms with E-state index in [0.717, 1.165) is 0 Å². The minimum Gasteiger partial charge on any atom is -0.450 e. The summed E-state index contributed by atoms with van der Waals surface area (Å²) in [6.07, 6.45) is -2.52. The van der Waals surface area contributed by atoms with Crippen LogP contribution in [0.1, 0.15) is 5.56 Å². The van der Waals surface area contributed by atoms with Crippen molar-refractivity contribution in [2.45, 2.75) is 6.42 Å². The monoisotopic (exact) mass is 226 g/mol. The summed E-state index contributed by atoms with van der Waals surface area (Å²) in [5, 5.41) is 16.7. The molecular formula is C10H10O6. The molecular weight excluding hydrogens is 216 g/mol. The first-order valence-electron chi connectivity index (χ1n) is 4.44. The van der Waals surface area contributed by atoms with Gasteiger partial charge in [-0.05, 0) is 11.6 Å².